The average molecular weight is 1770 g/mol. The van der Waals surface area contributed by atoms with E-state index in [9.17, 15) is 28.7 Å². The fraction of sp³-hybridized carbons (Fsp3) is 0.148. The molecule has 0 saturated carbocycles. The Bertz CT molecular complexity index is 5890. The van der Waals surface area contributed by atoms with Crippen LogP contribution in [-0.4, -0.2) is 68.6 Å². The van der Waals surface area contributed by atoms with E-state index in [1.807, 2.05) is 152 Å². The molecule has 0 fully saturated rings. The number of hydrogen-bond acceptors (Lipinski definition) is 13. The Morgan fingerprint density at radius 1 is 0.281 bits per heavy atom. The van der Waals surface area contributed by atoms with E-state index in [0.29, 0.717) is 60.4 Å². The molecule has 4 heterocycles. The van der Waals surface area contributed by atoms with Gasteiger partial charge in [0.05, 0.1) is 94.0 Å². The minimum absolute atomic E-state index is 0.0907. The van der Waals surface area contributed by atoms with E-state index < -0.39 is 0 Å². The SMILES string of the molecule is O=C(Cc1ccc(Br)cc1)Nc1nc2c(nc1Cc1ccccc1)-c1ccccc1CC2.O=C(Cc1ccc(Cl)cc1)Nc1nc2c(nc1Cc1ccccc1)-c1ccccc1CC2.O=C(Cc1ccc(F)cc1)Nc1nc2c(nc1Cc1ccccc1)-c1ccccc1CC2.O=C(Cc1ccc(O)cc1)Nc1nc2c(nc1Cc1ccccc1)-c1ccccc1CC2. The summed E-state index contributed by atoms with van der Waals surface area (Å²) in [5.41, 5.74) is 28.0. The molecular formula is C108H89BrClFN12O5. The number of benzene rings is 12. The molecule has 5 N–H and O–H groups in total. The van der Waals surface area contributed by atoms with Crippen molar-refractivity contribution in [1.82, 2.24) is 39.9 Å². The van der Waals surface area contributed by atoms with E-state index in [2.05, 4.69) is 140 Å². The highest BCUT2D eigenvalue weighted by Gasteiger charge is 2.29. The van der Waals surface area contributed by atoms with Gasteiger partial charge >= 0.3 is 0 Å². The zero-order chi connectivity index (χ0) is 87.7. The van der Waals surface area contributed by atoms with Crippen molar-refractivity contribution in [3.8, 4) is 50.8 Å². The van der Waals surface area contributed by atoms with Gasteiger partial charge in [-0.25, -0.2) is 44.3 Å². The summed E-state index contributed by atoms with van der Waals surface area (Å²) in [5.74, 6) is 1.43. The number of carbonyl (C=O) groups is 4. The van der Waals surface area contributed by atoms with Crippen LogP contribution in [0.5, 0.6) is 5.75 Å². The van der Waals surface area contributed by atoms with Crippen molar-refractivity contribution < 1.29 is 28.7 Å². The average Bonchev–Trinajstić information content (AvgIpc) is 0.786. The van der Waals surface area contributed by atoms with Gasteiger partial charge in [-0.3, -0.25) is 19.2 Å². The molecule has 4 aliphatic rings. The first kappa shape index (κ1) is 85.5. The number of carbonyl (C=O) groups excluding carboxylic acids is 4. The molecule has 0 atom stereocenters. The Balaban J connectivity index is 0.000000120. The molecule has 12 aromatic carbocycles. The van der Waals surface area contributed by atoms with Gasteiger partial charge in [-0.2, -0.15) is 0 Å². The molecule has 16 aromatic rings. The first-order chi connectivity index (χ1) is 62.6. The molecule has 0 bridgehead atoms. The van der Waals surface area contributed by atoms with Gasteiger partial charge in [0.2, 0.25) is 23.6 Å². The molecule has 4 amide bonds. The number of amides is 4. The van der Waals surface area contributed by atoms with Gasteiger partial charge in [-0.05, 0) is 167 Å². The van der Waals surface area contributed by atoms with Gasteiger partial charge in [0, 0.05) is 57.4 Å². The number of anilines is 4. The van der Waals surface area contributed by atoms with Crippen molar-refractivity contribution in [3.63, 3.8) is 0 Å². The number of nitrogens with zero attached hydrogens (tertiary/aromatic N) is 8. The maximum atomic E-state index is 13.2. The number of rotatable bonds is 20. The van der Waals surface area contributed by atoms with Crippen LogP contribution in [0, 0.1) is 5.82 Å². The predicted molar refractivity (Wildman–Crippen MR) is 506 cm³/mol. The summed E-state index contributed by atoms with van der Waals surface area (Å²) in [4.78, 5) is 90.8. The lowest BCUT2D eigenvalue weighted by atomic mass is 9.91. The standard InChI is InChI=1S/C27H22BrN3O.C27H22ClN3O.C27H22FN3O.C27H23N3O2/c3*28-21-13-10-19(11-14-21)17-25(32)31-27-24(16-18-6-2-1-3-7-18)29-26-22-9-5-4-8-20(22)12-15-23(26)30-27;31-21-13-10-19(11-14-21)17-25(32)30-27-24(16-18-6-2-1-3-7-18)28-26-22-9-5-4-8-20(22)12-15-23(26)29-27/h3*1-11,13-14H,12,15-17H2,(H,30,31,32);1-11,13-14,31H,12,15-17H2,(H,29,30,32). The highest BCUT2D eigenvalue weighted by Crippen LogP contribution is 2.39. The van der Waals surface area contributed by atoms with Gasteiger partial charge in [0.15, 0.2) is 23.3 Å². The number of aromatic hydroxyl groups is 1. The van der Waals surface area contributed by atoms with Crippen LogP contribution in [0.25, 0.3) is 45.0 Å². The number of phenolic OH excluding ortho intramolecular Hbond substituents is 1. The number of fused-ring (bicyclic) bond motifs is 12. The lowest BCUT2D eigenvalue weighted by molar-refractivity contribution is -0.116. The number of hydrogen-bond donors (Lipinski definition) is 5. The molecule has 0 aliphatic heterocycles. The second kappa shape index (κ2) is 40.5. The third-order valence-electron chi connectivity index (χ3n) is 22.8. The second-order valence-electron chi connectivity index (χ2n) is 32.0. The number of aryl methyl sites for hydroxylation is 8. The Kier molecular flexibility index (Phi) is 27.1. The zero-order valence-corrected chi connectivity index (χ0v) is 72.5. The van der Waals surface area contributed by atoms with Crippen LogP contribution >= 0.6 is 27.5 Å². The molecule has 632 valence electrons. The van der Waals surface area contributed by atoms with Gasteiger partial charge in [0.1, 0.15) is 11.6 Å². The monoisotopic (exact) mass is 1770 g/mol. The Labute approximate surface area is 755 Å². The minimum Gasteiger partial charge on any atom is -0.508 e. The van der Waals surface area contributed by atoms with Gasteiger partial charge < -0.3 is 26.4 Å². The van der Waals surface area contributed by atoms with E-state index in [4.69, 9.17) is 51.5 Å². The van der Waals surface area contributed by atoms with Crippen LogP contribution in [-0.2, 0) is 122 Å². The van der Waals surface area contributed by atoms with Crippen molar-refractivity contribution in [1.29, 1.82) is 0 Å². The molecule has 0 unspecified atom stereocenters. The molecule has 0 spiro atoms. The molecular weight excluding hydrogens is 1680 g/mol. The van der Waals surface area contributed by atoms with Crippen LogP contribution in [0.3, 0.4) is 0 Å². The van der Waals surface area contributed by atoms with Crippen molar-refractivity contribution in [2.75, 3.05) is 21.3 Å². The van der Waals surface area contributed by atoms with Crippen LogP contribution in [0.15, 0.2) is 320 Å². The first-order valence-electron chi connectivity index (χ1n) is 42.9. The quantitative estimate of drug-likeness (QED) is 0.0478. The Hall–Kier alpha value is -14.7. The van der Waals surface area contributed by atoms with E-state index in [1.165, 1.54) is 34.4 Å². The molecule has 128 heavy (non-hydrogen) atoms. The van der Waals surface area contributed by atoms with Crippen LogP contribution < -0.4 is 21.3 Å². The predicted octanol–water partition coefficient (Wildman–Crippen LogP) is 21.3. The molecule has 20 heteroatoms. The summed E-state index contributed by atoms with van der Waals surface area (Å²) in [6, 6.07) is 101. The lowest BCUT2D eigenvalue weighted by Gasteiger charge is -2.21. The van der Waals surface area contributed by atoms with Crippen molar-refractivity contribution in [3.05, 3.63) is 443 Å². The summed E-state index contributed by atoms with van der Waals surface area (Å²) >= 11 is 9.39. The van der Waals surface area contributed by atoms with E-state index in [1.54, 1.807) is 48.5 Å². The van der Waals surface area contributed by atoms with Crippen LogP contribution in [0.4, 0.5) is 27.7 Å². The number of nitrogens with one attached hydrogen (secondary N) is 4. The number of halogens is 3. The molecule has 20 rings (SSSR count). The third kappa shape index (κ3) is 21.8. The molecule has 0 saturated heterocycles. The second-order valence-corrected chi connectivity index (χ2v) is 33.3. The van der Waals surface area contributed by atoms with E-state index >= 15 is 0 Å². The van der Waals surface area contributed by atoms with E-state index in [-0.39, 0.29) is 54.5 Å². The van der Waals surface area contributed by atoms with Crippen LogP contribution in [0.1, 0.15) is 112 Å². The smallest absolute Gasteiger partial charge is 0.229 e. The summed E-state index contributed by atoms with van der Waals surface area (Å²) in [7, 11) is 0. The molecule has 4 aliphatic carbocycles. The normalized spacial score (nSPS) is 12.0. The fourth-order valence-corrected chi connectivity index (χ4v) is 16.8. The minimum atomic E-state index is -0.319. The summed E-state index contributed by atoms with van der Waals surface area (Å²) in [5, 5.41) is 22.1. The van der Waals surface area contributed by atoms with Gasteiger partial charge in [-0.1, -0.05) is 294 Å². The topological polar surface area (TPSA) is 240 Å². The van der Waals surface area contributed by atoms with Crippen molar-refractivity contribution in [2.24, 2.45) is 0 Å². The summed E-state index contributed by atoms with van der Waals surface area (Å²) in [6.07, 6.45) is 10.1. The number of phenols is 1. The number of aromatic nitrogens is 8. The largest absolute Gasteiger partial charge is 0.508 e. The Morgan fingerprint density at radius 3 is 0.789 bits per heavy atom. The lowest BCUT2D eigenvalue weighted by Crippen LogP contribution is -2.20. The van der Waals surface area contributed by atoms with Crippen molar-refractivity contribution >= 4 is 74.4 Å². The maximum Gasteiger partial charge on any atom is 0.229 e. The van der Waals surface area contributed by atoms with Gasteiger partial charge in [0.25, 0.3) is 0 Å². The molecule has 0 radical (unpaired) electrons. The fourth-order valence-electron chi connectivity index (χ4n) is 16.4. The zero-order valence-electron chi connectivity index (χ0n) is 70.1. The third-order valence-corrected chi connectivity index (χ3v) is 23.6. The van der Waals surface area contributed by atoms with E-state index in [0.717, 1.165) is 191 Å². The molecule has 4 aromatic heterocycles. The van der Waals surface area contributed by atoms with Crippen LogP contribution in [0.2, 0.25) is 5.02 Å². The van der Waals surface area contributed by atoms with Crippen molar-refractivity contribution in [2.45, 2.75) is 103 Å². The maximum absolute atomic E-state index is 13.2. The first-order valence-corrected chi connectivity index (χ1v) is 44.1. The highest BCUT2D eigenvalue weighted by molar-refractivity contribution is 9.10. The van der Waals surface area contributed by atoms with Gasteiger partial charge in [-0.15, -0.1) is 0 Å². The molecule has 17 nitrogen and oxygen atoms in total. The Morgan fingerprint density at radius 2 is 0.516 bits per heavy atom. The summed E-state index contributed by atoms with van der Waals surface area (Å²) in [6.45, 7) is 0. The summed E-state index contributed by atoms with van der Waals surface area (Å²) < 4.78 is 14.2. The highest BCUT2D eigenvalue weighted by atomic mass is 79.9.